The van der Waals surface area contributed by atoms with Crippen LogP contribution in [0.4, 0.5) is 0 Å². The Balaban J connectivity index is 2.43. The van der Waals surface area contributed by atoms with Crippen molar-refractivity contribution in [3.63, 3.8) is 0 Å². The molecule has 1 saturated heterocycles. The van der Waals surface area contributed by atoms with Gasteiger partial charge in [0, 0.05) is 12.6 Å². The maximum atomic E-state index is 13.1. The highest BCUT2D eigenvalue weighted by Gasteiger charge is 2.34. The van der Waals surface area contributed by atoms with Crippen molar-refractivity contribution in [1.29, 1.82) is 0 Å². The minimum Gasteiger partial charge on any atom is -0.465 e. The highest BCUT2D eigenvalue weighted by molar-refractivity contribution is 7.89. The Morgan fingerprint density at radius 1 is 1.39 bits per heavy atom. The first kappa shape index (κ1) is 17.9. The van der Waals surface area contributed by atoms with E-state index in [1.165, 1.54) is 13.2 Å². The number of ether oxygens (including phenoxy) is 1. The number of rotatable bonds is 5. The predicted molar refractivity (Wildman–Crippen MR) is 87.7 cm³/mol. The smallest absolute Gasteiger partial charge is 0.337 e. The summed E-state index contributed by atoms with van der Waals surface area (Å²) in [5, 5.41) is 0. The van der Waals surface area contributed by atoms with Gasteiger partial charge in [0.05, 0.1) is 17.6 Å². The zero-order valence-corrected chi connectivity index (χ0v) is 14.4. The average molecular weight is 340 g/mol. The fraction of sp³-hybridized carbons (Fsp3) is 0.562. The standard InChI is InChI=1S/C16H24N2O4S/c1-12-6-7-13(16(19)22-2)11-15(12)23(20,21)18-10-4-3-5-14(18)8-9-17/h6-7,11,14H,3-5,8-10,17H2,1-2H3. The van der Waals surface area contributed by atoms with Crippen molar-refractivity contribution in [3.8, 4) is 0 Å². The van der Waals surface area contributed by atoms with Crippen LogP contribution in [0.1, 0.15) is 41.6 Å². The van der Waals surface area contributed by atoms with Crippen molar-refractivity contribution >= 4 is 16.0 Å². The number of nitrogens with two attached hydrogens (primary N) is 1. The Bertz CT molecular complexity index is 671. The molecule has 1 aromatic rings. The second-order valence-corrected chi connectivity index (χ2v) is 7.67. The molecule has 1 heterocycles. The van der Waals surface area contributed by atoms with Crippen LogP contribution in [-0.2, 0) is 14.8 Å². The highest BCUT2D eigenvalue weighted by atomic mass is 32.2. The molecule has 2 rings (SSSR count). The SMILES string of the molecule is COC(=O)c1ccc(C)c(S(=O)(=O)N2CCCCC2CCN)c1. The van der Waals surface area contributed by atoms with Crippen LogP contribution < -0.4 is 5.73 Å². The molecule has 0 aliphatic carbocycles. The summed E-state index contributed by atoms with van der Waals surface area (Å²) in [6, 6.07) is 4.55. The van der Waals surface area contributed by atoms with E-state index in [-0.39, 0.29) is 16.5 Å². The zero-order valence-electron chi connectivity index (χ0n) is 13.6. The topological polar surface area (TPSA) is 89.7 Å². The molecule has 0 bridgehead atoms. The van der Waals surface area contributed by atoms with Gasteiger partial charge in [-0.25, -0.2) is 13.2 Å². The zero-order chi connectivity index (χ0) is 17.0. The Morgan fingerprint density at radius 3 is 2.78 bits per heavy atom. The molecule has 0 aromatic heterocycles. The van der Waals surface area contributed by atoms with Crippen molar-refractivity contribution in [1.82, 2.24) is 4.31 Å². The van der Waals surface area contributed by atoms with Crippen LogP contribution >= 0.6 is 0 Å². The molecule has 0 saturated carbocycles. The lowest BCUT2D eigenvalue weighted by Gasteiger charge is -2.35. The average Bonchev–Trinajstić information content (AvgIpc) is 2.55. The van der Waals surface area contributed by atoms with Gasteiger partial charge in [0.2, 0.25) is 10.0 Å². The summed E-state index contributed by atoms with van der Waals surface area (Å²) < 4.78 is 32.4. The number of aryl methyl sites for hydroxylation is 1. The number of hydrogen-bond donors (Lipinski definition) is 1. The lowest BCUT2D eigenvalue weighted by atomic mass is 10.0. The number of sulfonamides is 1. The number of piperidine rings is 1. The second-order valence-electron chi connectivity index (χ2n) is 5.81. The van der Waals surface area contributed by atoms with Crippen molar-refractivity contribution < 1.29 is 17.9 Å². The van der Waals surface area contributed by atoms with E-state index in [9.17, 15) is 13.2 Å². The molecule has 1 aliphatic heterocycles. The Labute approximate surface area is 137 Å². The molecule has 0 radical (unpaired) electrons. The van der Waals surface area contributed by atoms with Gasteiger partial charge in [-0.3, -0.25) is 0 Å². The molecular formula is C16H24N2O4S. The van der Waals surface area contributed by atoms with Gasteiger partial charge >= 0.3 is 5.97 Å². The largest absolute Gasteiger partial charge is 0.465 e. The molecule has 1 aromatic carbocycles. The van der Waals surface area contributed by atoms with Crippen LogP contribution in [0.3, 0.4) is 0 Å². The van der Waals surface area contributed by atoms with Crippen LogP contribution in [0.2, 0.25) is 0 Å². The van der Waals surface area contributed by atoms with Crippen molar-refractivity contribution in [3.05, 3.63) is 29.3 Å². The van der Waals surface area contributed by atoms with E-state index in [2.05, 4.69) is 4.74 Å². The number of carbonyl (C=O) groups is 1. The number of esters is 1. The summed E-state index contributed by atoms with van der Waals surface area (Å²) in [6.07, 6.45) is 3.33. The maximum Gasteiger partial charge on any atom is 0.337 e. The van der Waals surface area contributed by atoms with E-state index >= 15 is 0 Å². The third-order valence-electron chi connectivity index (χ3n) is 4.27. The Morgan fingerprint density at radius 2 is 2.13 bits per heavy atom. The quantitative estimate of drug-likeness (QED) is 0.824. The van der Waals surface area contributed by atoms with E-state index in [0.717, 1.165) is 19.3 Å². The van der Waals surface area contributed by atoms with Crippen LogP contribution in [0.5, 0.6) is 0 Å². The van der Waals surface area contributed by atoms with Crippen LogP contribution in [0.25, 0.3) is 0 Å². The predicted octanol–water partition coefficient (Wildman–Crippen LogP) is 1.67. The minimum absolute atomic E-state index is 0.0695. The summed E-state index contributed by atoms with van der Waals surface area (Å²) in [7, 11) is -2.38. The lowest BCUT2D eigenvalue weighted by molar-refractivity contribution is 0.0600. The highest BCUT2D eigenvalue weighted by Crippen LogP contribution is 2.29. The van der Waals surface area contributed by atoms with Gasteiger partial charge in [0.15, 0.2) is 0 Å². The molecule has 23 heavy (non-hydrogen) atoms. The molecule has 0 spiro atoms. The number of carbonyl (C=O) groups excluding carboxylic acids is 1. The fourth-order valence-electron chi connectivity index (χ4n) is 3.02. The fourth-order valence-corrected chi connectivity index (χ4v) is 5.00. The Kier molecular flexibility index (Phi) is 5.78. The summed E-state index contributed by atoms with van der Waals surface area (Å²) in [5.74, 6) is -0.543. The second kappa shape index (κ2) is 7.42. The molecule has 1 unspecified atom stereocenters. The summed E-state index contributed by atoms with van der Waals surface area (Å²) in [6.45, 7) is 2.68. The third kappa shape index (κ3) is 3.73. The molecule has 6 nitrogen and oxygen atoms in total. The van der Waals surface area contributed by atoms with Crippen LogP contribution in [0.15, 0.2) is 23.1 Å². The van der Waals surface area contributed by atoms with E-state index < -0.39 is 16.0 Å². The first-order chi connectivity index (χ1) is 10.9. The van der Waals surface area contributed by atoms with Gasteiger partial charge in [0.1, 0.15) is 0 Å². The van der Waals surface area contributed by atoms with Crippen LogP contribution in [-0.4, -0.2) is 44.9 Å². The molecule has 128 valence electrons. The van der Waals surface area contributed by atoms with Gasteiger partial charge in [-0.05, 0) is 50.4 Å². The lowest BCUT2D eigenvalue weighted by Crippen LogP contribution is -2.44. The number of benzene rings is 1. The van der Waals surface area contributed by atoms with Gasteiger partial charge < -0.3 is 10.5 Å². The molecule has 1 atom stereocenters. The molecule has 7 heteroatoms. The molecule has 2 N–H and O–H groups in total. The normalized spacial score (nSPS) is 19.5. The number of methoxy groups -OCH3 is 1. The third-order valence-corrected chi connectivity index (χ3v) is 6.36. The molecular weight excluding hydrogens is 316 g/mol. The van der Waals surface area contributed by atoms with E-state index in [4.69, 9.17) is 5.73 Å². The minimum atomic E-state index is -3.66. The van der Waals surface area contributed by atoms with Gasteiger partial charge in [-0.2, -0.15) is 4.31 Å². The summed E-state index contributed by atoms with van der Waals surface area (Å²) >= 11 is 0. The van der Waals surface area contributed by atoms with Gasteiger partial charge in [0.25, 0.3) is 0 Å². The molecule has 1 fully saturated rings. The first-order valence-electron chi connectivity index (χ1n) is 7.82. The number of nitrogens with zero attached hydrogens (tertiary/aromatic N) is 1. The molecule has 1 aliphatic rings. The summed E-state index contributed by atoms with van der Waals surface area (Å²) in [5.41, 5.74) is 6.49. The van der Waals surface area contributed by atoms with Gasteiger partial charge in [-0.15, -0.1) is 0 Å². The number of hydrogen-bond acceptors (Lipinski definition) is 5. The first-order valence-corrected chi connectivity index (χ1v) is 9.26. The molecule has 0 amide bonds. The monoisotopic (exact) mass is 340 g/mol. The van der Waals surface area contributed by atoms with Crippen LogP contribution in [0, 0.1) is 6.92 Å². The van der Waals surface area contributed by atoms with Gasteiger partial charge in [-0.1, -0.05) is 12.5 Å². The van der Waals surface area contributed by atoms with Crippen molar-refractivity contribution in [2.24, 2.45) is 5.73 Å². The van der Waals surface area contributed by atoms with E-state index in [0.29, 0.717) is 25.1 Å². The van der Waals surface area contributed by atoms with E-state index in [1.807, 2.05) is 0 Å². The Hall–Kier alpha value is -1.44. The maximum absolute atomic E-state index is 13.1. The van der Waals surface area contributed by atoms with Crippen molar-refractivity contribution in [2.75, 3.05) is 20.2 Å². The summed E-state index contributed by atoms with van der Waals surface area (Å²) in [4.78, 5) is 11.9. The van der Waals surface area contributed by atoms with Crippen molar-refractivity contribution in [2.45, 2.75) is 43.5 Å². The van der Waals surface area contributed by atoms with E-state index in [1.54, 1.807) is 23.4 Å².